The molecule has 3 aromatic rings. The zero-order valence-electron chi connectivity index (χ0n) is 17.8. The van der Waals surface area contributed by atoms with Gasteiger partial charge in [-0.05, 0) is 46.9 Å². The molecule has 1 N–H and O–H groups in total. The van der Waals surface area contributed by atoms with E-state index < -0.39 is 6.10 Å². The van der Waals surface area contributed by atoms with Gasteiger partial charge < -0.3 is 19.7 Å². The highest BCUT2D eigenvalue weighted by atomic mass is 16.5. The summed E-state index contributed by atoms with van der Waals surface area (Å²) in [6, 6.07) is 27.9. The number of aliphatic hydroxyl groups excluding tert-OH is 1. The second-order valence-corrected chi connectivity index (χ2v) is 7.87. The summed E-state index contributed by atoms with van der Waals surface area (Å²) >= 11 is 0. The van der Waals surface area contributed by atoms with Crippen molar-refractivity contribution < 1.29 is 14.5 Å². The molecule has 1 atom stereocenters. The largest absolute Gasteiger partial charge is 0.633 e. The van der Waals surface area contributed by atoms with Gasteiger partial charge in [0.15, 0.2) is 0 Å². The topological polar surface area (TPSA) is 52.5 Å². The van der Waals surface area contributed by atoms with E-state index in [1.165, 1.54) is 0 Å². The van der Waals surface area contributed by atoms with Gasteiger partial charge in [0, 0.05) is 0 Å². The van der Waals surface area contributed by atoms with E-state index in [9.17, 15) is 10.3 Å². The average Bonchev–Trinajstić information content (AvgIpc) is 2.73. The number of likely N-dealkylation sites (N-methyl/N-ethyl adjacent to an activating group) is 1. The Kier molecular flexibility index (Phi) is 7.06. The minimum atomic E-state index is -0.643. The Balaban J connectivity index is 2.02. The summed E-state index contributed by atoms with van der Waals surface area (Å²) in [5, 5.41) is 22.4. The molecule has 0 spiro atoms. The zero-order valence-corrected chi connectivity index (χ0v) is 17.8. The van der Waals surface area contributed by atoms with Crippen LogP contribution in [0, 0.1) is 5.21 Å². The van der Waals surface area contributed by atoms with E-state index in [0.717, 1.165) is 33.6 Å². The van der Waals surface area contributed by atoms with Gasteiger partial charge in [0.1, 0.15) is 18.9 Å². The van der Waals surface area contributed by atoms with Crippen LogP contribution in [-0.4, -0.2) is 43.1 Å². The molecule has 3 rings (SSSR count). The minimum absolute atomic E-state index is 0.361. The van der Waals surface area contributed by atoms with Crippen molar-refractivity contribution in [2.24, 2.45) is 0 Å². The highest BCUT2D eigenvalue weighted by Gasteiger charge is 2.18. The number of ether oxygens (including phenoxy) is 1. The zero-order chi connectivity index (χ0) is 21.6. The third kappa shape index (κ3) is 5.80. The van der Waals surface area contributed by atoms with Gasteiger partial charge >= 0.3 is 0 Å². The first-order chi connectivity index (χ1) is 14.3. The SMILES string of the molecule is CC(O)C(=C(c1ccccc1)c1ccc(OCC[N+](C)(C)[O-])cc1)c1ccccc1. The fourth-order valence-electron chi connectivity index (χ4n) is 3.40. The van der Waals surface area contributed by atoms with Gasteiger partial charge in [0.05, 0.1) is 20.2 Å². The van der Waals surface area contributed by atoms with Crippen LogP contribution < -0.4 is 4.74 Å². The Morgan fingerprint density at radius 2 is 1.33 bits per heavy atom. The molecule has 156 valence electrons. The Bertz CT molecular complexity index is 957. The van der Waals surface area contributed by atoms with Crippen molar-refractivity contribution in [3.63, 3.8) is 0 Å². The first kappa shape index (κ1) is 21.8. The van der Waals surface area contributed by atoms with E-state index in [1.807, 2.05) is 72.8 Å². The lowest BCUT2D eigenvalue weighted by Gasteiger charge is -2.33. The lowest BCUT2D eigenvalue weighted by Crippen LogP contribution is -2.36. The Hall–Kier alpha value is -2.92. The van der Waals surface area contributed by atoms with E-state index in [-0.39, 0.29) is 4.65 Å². The molecule has 0 heterocycles. The van der Waals surface area contributed by atoms with Gasteiger partial charge in [0.2, 0.25) is 0 Å². The highest BCUT2D eigenvalue weighted by Crippen LogP contribution is 2.35. The number of nitrogens with zero attached hydrogens (tertiary/aromatic N) is 1. The van der Waals surface area contributed by atoms with E-state index in [2.05, 4.69) is 12.1 Å². The molecule has 0 saturated heterocycles. The van der Waals surface area contributed by atoms with Crippen LogP contribution in [-0.2, 0) is 0 Å². The molecule has 4 heteroatoms. The number of aliphatic hydroxyl groups is 1. The summed E-state index contributed by atoms with van der Waals surface area (Å²) in [6.45, 7) is 2.54. The lowest BCUT2D eigenvalue weighted by atomic mass is 9.87. The van der Waals surface area contributed by atoms with Crippen molar-refractivity contribution in [3.8, 4) is 5.75 Å². The highest BCUT2D eigenvalue weighted by molar-refractivity contribution is 5.99. The summed E-state index contributed by atoms with van der Waals surface area (Å²) in [5.41, 5.74) is 4.88. The third-order valence-corrected chi connectivity index (χ3v) is 4.88. The predicted octanol–water partition coefficient (Wildman–Crippen LogP) is 4.98. The van der Waals surface area contributed by atoms with Gasteiger partial charge in [-0.15, -0.1) is 0 Å². The van der Waals surface area contributed by atoms with Crippen molar-refractivity contribution in [3.05, 3.63) is 107 Å². The van der Waals surface area contributed by atoms with Crippen molar-refractivity contribution >= 4 is 11.1 Å². The Morgan fingerprint density at radius 3 is 1.83 bits per heavy atom. The molecule has 3 aromatic carbocycles. The van der Waals surface area contributed by atoms with Gasteiger partial charge in [-0.3, -0.25) is 0 Å². The molecule has 4 nitrogen and oxygen atoms in total. The fraction of sp³-hybridized carbons (Fsp3) is 0.231. The lowest BCUT2D eigenvalue weighted by molar-refractivity contribution is -0.840. The molecule has 0 amide bonds. The first-order valence-corrected chi connectivity index (χ1v) is 10.2. The van der Waals surface area contributed by atoms with Crippen LogP contribution in [0.1, 0.15) is 23.6 Å². The molecule has 0 aliphatic carbocycles. The van der Waals surface area contributed by atoms with Crippen LogP contribution in [0.3, 0.4) is 0 Å². The maximum absolute atomic E-state index is 11.7. The molecular weight excluding hydrogens is 374 g/mol. The minimum Gasteiger partial charge on any atom is -0.633 e. The number of quaternary nitrogens is 1. The Labute approximate surface area is 178 Å². The number of hydrogen-bond donors (Lipinski definition) is 1. The summed E-state index contributed by atoms with van der Waals surface area (Å²) < 4.78 is 5.35. The van der Waals surface area contributed by atoms with Crippen molar-refractivity contribution in [2.75, 3.05) is 27.2 Å². The number of benzene rings is 3. The summed E-state index contributed by atoms with van der Waals surface area (Å²) in [5.74, 6) is 0.720. The average molecular weight is 404 g/mol. The molecule has 0 aliphatic heterocycles. The first-order valence-electron chi connectivity index (χ1n) is 10.2. The molecule has 30 heavy (non-hydrogen) atoms. The van der Waals surface area contributed by atoms with Crippen LogP contribution >= 0.6 is 0 Å². The summed E-state index contributed by atoms with van der Waals surface area (Å²) in [4.78, 5) is 0. The Morgan fingerprint density at radius 1 is 0.833 bits per heavy atom. The molecule has 0 radical (unpaired) electrons. The van der Waals surface area contributed by atoms with E-state index in [1.54, 1.807) is 21.0 Å². The van der Waals surface area contributed by atoms with E-state index >= 15 is 0 Å². The van der Waals surface area contributed by atoms with E-state index in [0.29, 0.717) is 13.2 Å². The maximum atomic E-state index is 11.7. The van der Waals surface area contributed by atoms with Gasteiger partial charge in [-0.2, -0.15) is 0 Å². The number of hydrogen-bond acceptors (Lipinski definition) is 3. The fourth-order valence-corrected chi connectivity index (χ4v) is 3.40. The second-order valence-electron chi connectivity index (χ2n) is 7.87. The molecular formula is C26H29NO3. The van der Waals surface area contributed by atoms with Gasteiger partial charge in [-0.1, -0.05) is 72.8 Å². The molecule has 0 aliphatic rings. The van der Waals surface area contributed by atoms with Crippen molar-refractivity contribution in [1.29, 1.82) is 0 Å². The van der Waals surface area contributed by atoms with Crippen LogP contribution in [0.5, 0.6) is 5.75 Å². The quantitative estimate of drug-likeness (QED) is 0.328. The molecule has 0 aromatic heterocycles. The normalized spacial score (nSPS) is 13.5. The van der Waals surface area contributed by atoms with Crippen LogP contribution in [0.4, 0.5) is 0 Å². The summed E-state index contributed by atoms with van der Waals surface area (Å²) in [7, 11) is 3.20. The predicted molar refractivity (Wildman–Crippen MR) is 123 cm³/mol. The maximum Gasteiger partial charge on any atom is 0.137 e. The van der Waals surface area contributed by atoms with Crippen molar-refractivity contribution in [1.82, 2.24) is 0 Å². The van der Waals surface area contributed by atoms with Crippen LogP contribution in [0.15, 0.2) is 84.9 Å². The molecule has 0 bridgehead atoms. The van der Waals surface area contributed by atoms with Crippen molar-refractivity contribution in [2.45, 2.75) is 13.0 Å². The van der Waals surface area contributed by atoms with E-state index in [4.69, 9.17) is 4.74 Å². The molecule has 1 unspecified atom stereocenters. The molecule has 0 fully saturated rings. The number of rotatable bonds is 8. The third-order valence-electron chi connectivity index (χ3n) is 4.88. The molecule has 0 saturated carbocycles. The smallest absolute Gasteiger partial charge is 0.137 e. The van der Waals surface area contributed by atoms with Crippen LogP contribution in [0.25, 0.3) is 11.1 Å². The summed E-state index contributed by atoms with van der Waals surface area (Å²) in [6.07, 6.45) is -0.643. The standard InChI is InChI=1S/C26H29NO3/c1-20(28)25(21-10-6-4-7-11-21)26(22-12-8-5-9-13-22)23-14-16-24(17-15-23)30-19-18-27(2,3)29/h4-17,20,28H,18-19H2,1-3H3. The number of hydroxylamine groups is 3. The van der Waals surface area contributed by atoms with Gasteiger partial charge in [-0.25, -0.2) is 0 Å². The van der Waals surface area contributed by atoms with Crippen LogP contribution in [0.2, 0.25) is 0 Å². The second kappa shape index (κ2) is 9.72. The van der Waals surface area contributed by atoms with Gasteiger partial charge in [0.25, 0.3) is 0 Å². The monoisotopic (exact) mass is 403 g/mol.